The van der Waals surface area contributed by atoms with Crippen molar-refractivity contribution in [2.24, 2.45) is 5.92 Å². The van der Waals surface area contributed by atoms with E-state index in [1.165, 1.54) is 6.20 Å². The molecule has 7 heterocycles. The van der Waals surface area contributed by atoms with Gasteiger partial charge in [0.05, 0.1) is 22.4 Å². The molecule has 4 saturated heterocycles. The lowest BCUT2D eigenvalue weighted by Crippen LogP contribution is -2.54. The molecule has 2 atom stereocenters. The summed E-state index contributed by atoms with van der Waals surface area (Å²) >= 11 is 0. The van der Waals surface area contributed by atoms with Crippen molar-refractivity contribution in [2.75, 3.05) is 73.4 Å². The molecule has 0 radical (unpaired) electrons. The minimum Gasteiger partial charge on any atom is -0.371 e. The molecular formula is C47H46F3N9O7S. The Labute approximate surface area is 383 Å². The van der Waals surface area contributed by atoms with Crippen molar-refractivity contribution < 1.29 is 45.6 Å². The Bertz CT molecular complexity index is 2950. The molecule has 0 bridgehead atoms. The number of fused-ring (bicyclic) bond motifs is 2. The molecule has 2 aromatic heterocycles. The summed E-state index contributed by atoms with van der Waals surface area (Å²) < 4.78 is 73.1. The summed E-state index contributed by atoms with van der Waals surface area (Å²) in [6.07, 6.45) is 3.71. The highest BCUT2D eigenvalue weighted by atomic mass is 32.2. The smallest absolute Gasteiger partial charge is 0.301 e. The molecule has 5 aliphatic rings. The van der Waals surface area contributed by atoms with Gasteiger partial charge >= 0.3 is 10.2 Å². The number of halogens is 3. The molecule has 0 aliphatic carbocycles. The Balaban J connectivity index is 0.734. The van der Waals surface area contributed by atoms with Gasteiger partial charge in [-0.05, 0) is 85.7 Å². The number of benzene rings is 3. The van der Waals surface area contributed by atoms with Gasteiger partial charge in [-0.3, -0.25) is 43.8 Å². The normalized spacial score (nSPS) is 21.1. The second kappa shape index (κ2) is 17.5. The van der Waals surface area contributed by atoms with Gasteiger partial charge < -0.3 is 14.8 Å². The Kier molecular flexibility index (Phi) is 11.6. The highest BCUT2D eigenvalue weighted by molar-refractivity contribution is 7.90. The van der Waals surface area contributed by atoms with Crippen molar-refractivity contribution in [1.82, 2.24) is 29.4 Å². The molecule has 10 rings (SSSR count). The summed E-state index contributed by atoms with van der Waals surface area (Å²) in [7, 11) is -4.36. The maximum Gasteiger partial charge on any atom is 0.301 e. The van der Waals surface area contributed by atoms with Gasteiger partial charge in [0.15, 0.2) is 5.82 Å². The number of nitrogens with one attached hydrogen (secondary N) is 3. The molecule has 1 unspecified atom stereocenters. The summed E-state index contributed by atoms with van der Waals surface area (Å²) in [5.74, 6) is -5.15. The van der Waals surface area contributed by atoms with Gasteiger partial charge in [-0.25, -0.2) is 18.2 Å². The molecule has 3 N–H and O–H groups in total. The van der Waals surface area contributed by atoms with Gasteiger partial charge in [0, 0.05) is 106 Å². The number of hydrogen-bond acceptors (Lipinski definition) is 11. The van der Waals surface area contributed by atoms with E-state index >= 15 is 8.78 Å². The van der Waals surface area contributed by atoms with Gasteiger partial charge in [0.25, 0.3) is 11.8 Å². The second-order valence-corrected chi connectivity index (χ2v) is 19.4. The number of hydrogen-bond donors (Lipinski definition) is 3. The number of alkyl halides is 1. The van der Waals surface area contributed by atoms with Crippen LogP contribution in [0.4, 0.5) is 30.2 Å². The summed E-state index contributed by atoms with van der Waals surface area (Å²) in [4.78, 5) is 79.8. The van der Waals surface area contributed by atoms with Crippen LogP contribution in [0.2, 0.25) is 0 Å². The van der Waals surface area contributed by atoms with Gasteiger partial charge in [-0.2, -0.15) is 12.7 Å². The Morgan fingerprint density at radius 2 is 1.51 bits per heavy atom. The van der Waals surface area contributed by atoms with Crippen LogP contribution >= 0.6 is 0 Å². The molecule has 348 valence electrons. The topological polar surface area (TPSA) is 188 Å². The van der Waals surface area contributed by atoms with E-state index in [0.717, 1.165) is 96.9 Å². The zero-order valence-corrected chi connectivity index (χ0v) is 37.0. The zero-order chi connectivity index (χ0) is 46.7. The first-order valence-electron chi connectivity index (χ1n) is 22.3. The first kappa shape index (κ1) is 44.2. The third-order valence-corrected chi connectivity index (χ3v) is 15.1. The van der Waals surface area contributed by atoms with Crippen LogP contribution in [-0.4, -0.2) is 133 Å². The number of aromatic nitrogens is 2. The number of imide groups is 2. The Morgan fingerprint density at radius 1 is 0.791 bits per heavy atom. The number of carbonyl (C=O) groups is 5. The quantitative estimate of drug-likeness (QED) is 0.121. The van der Waals surface area contributed by atoms with Crippen molar-refractivity contribution in [2.45, 2.75) is 44.3 Å². The van der Waals surface area contributed by atoms with Crippen molar-refractivity contribution in [1.29, 1.82) is 0 Å². The van der Waals surface area contributed by atoms with Crippen molar-refractivity contribution in [3.8, 4) is 11.1 Å². The van der Waals surface area contributed by atoms with Crippen LogP contribution in [-0.2, 0) is 19.8 Å². The lowest BCUT2D eigenvalue weighted by Gasteiger charge is -2.40. The summed E-state index contributed by atoms with van der Waals surface area (Å²) in [6, 6.07) is 15.6. The van der Waals surface area contributed by atoms with Gasteiger partial charge in [0.2, 0.25) is 17.6 Å². The predicted octanol–water partition coefficient (Wildman–Crippen LogP) is 4.88. The summed E-state index contributed by atoms with van der Waals surface area (Å²) in [6.45, 7) is 5.55. The highest BCUT2D eigenvalue weighted by Crippen LogP contribution is 2.34. The average molecular weight is 938 g/mol. The number of rotatable bonds is 11. The molecule has 5 aliphatic heterocycles. The van der Waals surface area contributed by atoms with Gasteiger partial charge in [0.1, 0.15) is 23.7 Å². The van der Waals surface area contributed by atoms with Gasteiger partial charge in [-0.1, -0.05) is 12.1 Å². The Hall–Kier alpha value is -6.64. The number of amides is 4. The molecule has 3 aromatic carbocycles. The second-order valence-electron chi connectivity index (χ2n) is 17.7. The van der Waals surface area contributed by atoms with Crippen LogP contribution in [0.1, 0.15) is 68.7 Å². The van der Waals surface area contributed by atoms with E-state index in [2.05, 4.69) is 30.0 Å². The largest absolute Gasteiger partial charge is 0.371 e. The Morgan fingerprint density at radius 3 is 2.22 bits per heavy atom. The monoisotopic (exact) mass is 937 g/mol. The van der Waals surface area contributed by atoms with E-state index in [-0.39, 0.29) is 42.5 Å². The van der Waals surface area contributed by atoms with E-state index in [4.69, 9.17) is 0 Å². The van der Waals surface area contributed by atoms with E-state index in [9.17, 15) is 36.8 Å². The fraction of sp³-hybridized carbons (Fsp3) is 0.362. The summed E-state index contributed by atoms with van der Waals surface area (Å²) in [5, 5.41) is 2.55. The molecule has 5 aromatic rings. The molecule has 16 nitrogen and oxygen atoms in total. The minimum atomic E-state index is -4.36. The molecule has 67 heavy (non-hydrogen) atoms. The first-order valence-corrected chi connectivity index (χ1v) is 23.8. The van der Waals surface area contributed by atoms with Crippen molar-refractivity contribution in [3.05, 3.63) is 107 Å². The standard InChI is InChI=1S/C47H46F3N9O7S/c48-30-13-16-58(26-30)67(65,66)54-38-8-7-37(49)41(42(38)50)43(61)36-24-52-44-34(36)21-29(23-51-44)28-1-3-31(4-2-28)57-19-17-55(18-20-57)25-27-11-14-56(15-12-27)32-5-6-33-35(22-32)47(64)59(46(33)63)39-9-10-40(60)53-45(39)62/h1-8,21-24,27,30,39,54H,9-20,25-26H2,(H,51,52)(H,53,60,62)/t30-,39?/m1/s1. The van der Waals surface area contributed by atoms with E-state index < -0.39 is 81.3 Å². The maximum atomic E-state index is 15.8. The van der Waals surface area contributed by atoms with E-state index in [0.29, 0.717) is 22.5 Å². The minimum absolute atomic E-state index is 0.00247. The van der Waals surface area contributed by atoms with E-state index in [1.54, 1.807) is 24.4 Å². The van der Waals surface area contributed by atoms with Crippen LogP contribution in [0.15, 0.2) is 73.1 Å². The third kappa shape index (κ3) is 8.41. The number of anilines is 3. The molecule has 0 spiro atoms. The van der Waals surface area contributed by atoms with Crippen molar-refractivity contribution >= 4 is 67.7 Å². The number of aromatic amines is 1. The number of H-pyrrole nitrogens is 1. The summed E-state index contributed by atoms with van der Waals surface area (Å²) in [5.41, 5.74) is 2.62. The van der Waals surface area contributed by atoms with Gasteiger partial charge in [-0.15, -0.1) is 0 Å². The first-order chi connectivity index (χ1) is 32.2. The van der Waals surface area contributed by atoms with Crippen LogP contribution in [0, 0.1) is 17.6 Å². The molecule has 20 heteroatoms. The fourth-order valence-corrected chi connectivity index (χ4v) is 11.1. The fourth-order valence-electron chi connectivity index (χ4n) is 9.88. The van der Waals surface area contributed by atoms with Crippen LogP contribution in [0.5, 0.6) is 0 Å². The zero-order valence-electron chi connectivity index (χ0n) is 36.1. The number of ketones is 1. The molecular weight excluding hydrogens is 892 g/mol. The molecule has 4 amide bonds. The number of pyridine rings is 1. The SMILES string of the molecule is O=C1CCC(N2C(=O)c3ccc(N4CCC(CN5CCN(c6ccc(-c7cnc8[nH]cc(C(=O)c9c(F)ccc(NS(=O)(=O)N%10CC[C@@H](F)C%10)c9F)c8c7)cc6)CC5)CC4)cc3C2=O)C(=O)N1. The van der Waals surface area contributed by atoms with Crippen molar-refractivity contribution in [3.63, 3.8) is 0 Å². The highest BCUT2D eigenvalue weighted by Gasteiger charge is 2.45. The third-order valence-electron chi connectivity index (χ3n) is 13.6. The van der Waals surface area contributed by atoms with Crippen LogP contribution < -0.4 is 19.8 Å². The number of carbonyl (C=O) groups excluding carboxylic acids is 5. The number of piperazine rings is 1. The van der Waals surface area contributed by atoms with Crippen LogP contribution in [0.3, 0.4) is 0 Å². The average Bonchev–Trinajstić information content (AvgIpc) is 4.03. The number of piperidine rings is 2. The lowest BCUT2D eigenvalue weighted by atomic mass is 9.95. The van der Waals surface area contributed by atoms with Crippen LogP contribution in [0.25, 0.3) is 22.2 Å². The number of nitrogens with zero attached hydrogens (tertiary/aromatic N) is 6. The van der Waals surface area contributed by atoms with E-state index in [1.807, 2.05) is 35.1 Å². The molecule has 0 saturated carbocycles. The lowest BCUT2D eigenvalue weighted by molar-refractivity contribution is -0.136. The molecule has 4 fully saturated rings. The predicted molar refractivity (Wildman–Crippen MR) is 242 cm³/mol. The maximum absolute atomic E-state index is 15.8.